The van der Waals surface area contributed by atoms with Gasteiger partial charge in [0.05, 0.1) is 13.2 Å². The predicted octanol–water partition coefficient (Wildman–Crippen LogP) is 1.57. The molecule has 5 heteroatoms. The maximum absolute atomic E-state index is 12.1. The summed E-state index contributed by atoms with van der Waals surface area (Å²) in [6, 6.07) is 9.78. The van der Waals surface area contributed by atoms with Crippen molar-refractivity contribution in [3.05, 3.63) is 35.9 Å². The number of amides is 1. The Kier molecular flexibility index (Phi) is 5.75. The van der Waals surface area contributed by atoms with Crippen molar-refractivity contribution in [1.82, 2.24) is 9.80 Å². The normalized spacial score (nSPS) is 15.8. The lowest BCUT2D eigenvalue weighted by molar-refractivity contribution is -0.119. The van der Waals surface area contributed by atoms with Crippen molar-refractivity contribution in [2.24, 2.45) is 0 Å². The predicted molar refractivity (Wildman–Crippen MR) is 80.2 cm³/mol. The molecule has 0 aliphatic carbocycles. The summed E-state index contributed by atoms with van der Waals surface area (Å²) < 4.78 is 4.98. The molecule has 1 aromatic carbocycles. The van der Waals surface area contributed by atoms with E-state index in [0.29, 0.717) is 32.7 Å². The number of rotatable bonds is 5. The average molecular weight is 290 g/mol. The first-order chi connectivity index (χ1) is 10.2. The van der Waals surface area contributed by atoms with Gasteiger partial charge in [0.2, 0.25) is 0 Å². The van der Waals surface area contributed by atoms with Gasteiger partial charge in [-0.3, -0.25) is 9.69 Å². The van der Waals surface area contributed by atoms with Gasteiger partial charge < -0.3 is 9.64 Å². The minimum Gasteiger partial charge on any atom is -0.450 e. The molecule has 0 N–H and O–H groups in total. The van der Waals surface area contributed by atoms with E-state index < -0.39 is 0 Å². The first-order valence-electron chi connectivity index (χ1n) is 7.38. The zero-order valence-corrected chi connectivity index (χ0v) is 12.5. The van der Waals surface area contributed by atoms with Gasteiger partial charge in [0, 0.05) is 32.6 Å². The minimum atomic E-state index is -0.257. The van der Waals surface area contributed by atoms with Crippen LogP contribution in [0.5, 0.6) is 0 Å². The Balaban J connectivity index is 1.73. The standard InChI is InChI=1S/C16H22N2O3/c1-2-21-16(20)18-10-8-17(9-11-18)13-15(19)12-14-6-4-3-5-7-14/h3-7H,2,8-13H2,1H3. The van der Waals surface area contributed by atoms with E-state index in [1.165, 1.54) is 0 Å². The van der Waals surface area contributed by atoms with Crippen LogP contribution < -0.4 is 0 Å². The number of hydrogen-bond donors (Lipinski definition) is 0. The van der Waals surface area contributed by atoms with Gasteiger partial charge in [-0.25, -0.2) is 4.79 Å². The van der Waals surface area contributed by atoms with Crippen molar-refractivity contribution in [3.63, 3.8) is 0 Å². The van der Waals surface area contributed by atoms with Gasteiger partial charge in [-0.1, -0.05) is 30.3 Å². The highest BCUT2D eigenvalue weighted by atomic mass is 16.6. The van der Waals surface area contributed by atoms with Gasteiger partial charge in [-0.15, -0.1) is 0 Å². The fourth-order valence-electron chi connectivity index (χ4n) is 2.43. The maximum Gasteiger partial charge on any atom is 0.409 e. The van der Waals surface area contributed by atoms with E-state index >= 15 is 0 Å². The van der Waals surface area contributed by atoms with E-state index in [1.54, 1.807) is 11.8 Å². The fraction of sp³-hybridized carbons (Fsp3) is 0.500. The van der Waals surface area contributed by atoms with Crippen molar-refractivity contribution in [3.8, 4) is 0 Å². The van der Waals surface area contributed by atoms with Crippen LogP contribution in [0, 0.1) is 0 Å². The second-order valence-corrected chi connectivity index (χ2v) is 5.16. The van der Waals surface area contributed by atoms with Crippen LogP contribution in [0.4, 0.5) is 4.79 Å². The number of piperazine rings is 1. The Morgan fingerprint density at radius 3 is 2.38 bits per heavy atom. The van der Waals surface area contributed by atoms with E-state index in [9.17, 15) is 9.59 Å². The molecule has 1 aromatic rings. The molecule has 1 saturated heterocycles. The Morgan fingerprint density at radius 2 is 1.76 bits per heavy atom. The molecule has 1 fully saturated rings. The van der Waals surface area contributed by atoms with Crippen LogP contribution in [0.3, 0.4) is 0 Å². The van der Waals surface area contributed by atoms with Crippen molar-refractivity contribution < 1.29 is 14.3 Å². The molecule has 0 bridgehead atoms. The first kappa shape index (κ1) is 15.5. The SMILES string of the molecule is CCOC(=O)N1CCN(CC(=O)Cc2ccccc2)CC1. The molecule has 0 atom stereocenters. The van der Waals surface area contributed by atoms with Gasteiger partial charge in [-0.2, -0.15) is 0 Å². The number of hydrogen-bond acceptors (Lipinski definition) is 4. The lowest BCUT2D eigenvalue weighted by atomic mass is 10.1. The average Bonchev–Trinajstić information content (AvgIpc) is 2.49. The summed E-state index contributed by atoms with van der Waals surface area (Å²) in [4.78, 5) is 27.4. The summed E-state index contributed by atoms with van der Waals surface area (Å²) in [5, 5.41) is 0. The van der Waals surface area contributed by atoms with E-state index in [-0.39, 0.29) is 11.9 Å². The van der Waals surface area contributed by atoms with Gasteiger partial charge >= 0.3 is 6.09 Å². The van der Waals surface area contributed by atoms with Crippen molar-refractivity contribution in [2.75, 3.05) is 39.3 Å². The number of nitrogens with zero attached hydrogens (tertiary/aromatic N) is 2. The van der Waals surface area contributed by atoms with E-state index in [1.807, 2.05) is 30.3 Å². The van der Waals surface area contributed by atoms with E-state index in [0.717, 1.165) is 18.7 Å². The number of carbonyl (C=O) groups is 2. The molecule has 1 amide bonds. The monoisotopic (exact) mass is 290 g/mol. The first-order valence-corrected chi connectivity index (χ1v) is 7.38. The lowest BCUT2D eigenvalue weighted by Gasteiger charge is -2.33. The molecule has 0 unspecified atom stereocenters. The van der Waals surface area contributed by atoms with Gasteiger partial charge in [-0.05, 0) is 12.5 Å². The molecule has 0 spiro atoms. The Labute approximate surface area is 125 Å². The van der Waals surface area contributed by atoms with Crippen LogP contribution in [0.15, 0.2) is 30.3 Å². The lowest BCUT2D eigenvalue weighted by Crippen LogP contribution is -2.50. The van der Waals surface area contributed by atoms with Gasteiger partial charge in [0.25, 0.3) is 0 Å². The van der Waals surface area contributed by atoms with Crippen LogP contribution in [0.1, 0.15) is 12.5 Å². The third-order valence-corrected chi connectivity index (χ3v) is 3.54. The molecule has 1 aliphatic heterocycles. The zero-order chi connectivity index (χ0) is 15.1. The second kappa shape index (κ2) is 7.78. The minimum absolute atomic E-state index is 0.214. The maximum atomic E-state index is 12.1. The zero-order valence-electron chi connectivity index (χ0n) is 12.5. The summed E-state index contributed by atoms with van der Waals surface area (Å²) in [6.45, 7) is 5.34. The molecule has 1 aliphatic rings. The third-order valence-electron chi connectivity index (χ3n) is 3.54. The van der Waals surface area contributed by atoms with Gasteiger partial charge in [0.15, 0.2) is 5.78 Å². The Morgan fingerprint density at radius 1 is 1.10 bits per heavy atom. The molecule has 114 valence electrons. The van der Waals surface area contributed by atoms with Crippen LogP contribution in [-0.4, -0.2) is 61.0 Å². The van der Waals surface area contributed by atoms with Gasteiger partial charge in [0.1, 0.15) is 0 Å². The quantitative estimate of drug-likeness (QED) is 0.826. The number of benzene rings is 1. The van der Waals surface area contributed by atoms with Crippen LogP contribution >= 0.6 is 0 Å². The highest BCUT2D eigenvalue weighted by molar-refractivity contribution is 5.82. The Bertz CT molecular complexity index is 468. The van der Waals surface area contributed by atoms with Crippen molar-refractivity contribution in [1.29, 1.82) is 0 Å². The molecule has 2 rings (SSSR count). The Hall–Kier alpha value is -1.88. The summed E-state index contributed by atoms with van der Waals surface area (Å²) in [5.41, 5.74) is 1.05. The summed E-state index contributed by atoms with van der Waals surface area (Å²) in [5.74, 6) is 0.214. The van der Waals surface area contributed by atoms with E-state index in [4.69, 9.17) is 4.74 Å². The summed E-state index contributed by atoms with van der Waals surface area (Å²) >= 11 is 0. The van der Waals surface area contributed by atoms with Crippen LogP contribution in [0.25, 0.3) is 0 Å². The van der Waals surface area contributed by atoms with Crippen LogP contribution in [0.2, 0.25) is 0 Å². The molecule has 0 aromatic heterocycles. The third kappa shape index (κ3) is 4.86. The largest absolute Gasteiger partial charge is 0.450 e. The van der Waals surface area contributed by atoms with Crippen molar-refractivity contribution >= 4 is 11.9 Å². The smallest absolute Gasteiger partial charge is 0.409 e. The molecular weight excluding hydrogens is 268 g/mol. The molecule has 5 nitrogen and oxygen atoms in total. The molecule has 1 heterocycles. The van der Waals surface area contributed by atoms with Crippen molar-refractivity contribution in [2.45, 2.75) is 13.3 Å². The number of ketones is 1. The summed E-state index contributed by atoms with van der Waals surface area (Å²) in [7, 11) is 0. The number of ether oxygens (including phenoxy) is 1. The summed E-state index contributed by atoms with van der Waals surface area (Å²) in [6.07, 6.45) is 0.214. The highest BCUT2D eigenvalue weighted by Gasteiger charge is 2.22. The fourth-order valence-corrected chi connectivity index (χ4v) is 2.43. The van der Waals surface area contributed by atoms with Crippen LogP contribution in [-0.2, 0) is 16.0 Å². The number of carbonyl (C=O) groups excluding carboxylic acids is 2. The second-order valence-electron chi connectivity index (χ2n) is 5.16. The molecule has 21 heavy (non-hydrogen) atoms. The molecule has 0 saturated carbocycles. The van der Waals surface area contributed by atoms with E-state index in [2.05, 4.69) is 4.90 Å². The topological polar surface area (TPSA) is 49.9 Å². The highest BCUT2D eigenvalue weighted by Crippen LogP contribution is 2.06. The molecular formula is C16H22N2O3. The number of Topliss-reactive ketones (excluding diaryl/α,β-unsaturated/α-hetero) is 1. The molecule has 0 radical (unpaired) electrons.